The Labute approximate surface area is 117 Å². The average Bonchev–Trinajstić information content (AvgIpc) is 2.40. The van der Waals surface area contributed by atoms with Gasteiger partial charge in [0.05, 0.1) is 0 Å². The highest BCUT2D eigenvalue weighted by molar-refractivity contribution is 5.76. The number of carbonyl (C=O) groups is 1. The Morgan fingerprint density at radius 1 is 1.32 bits per heavy atom. The van der Waals surface area contributed by atoms with E-state index in [4.69, 9.17) is 0 Å². The number of carbonyl (C=O) groups excluding carboxylic acids is 1. The third kappa shape index (κ3) is 4.93. The van der Waals surface area contributed by atoms with Crippen molar-refractivity contribution >= 4 is 11.6 Å². The second-order valence-electron chi connectivity index (χ2n) is 5.09. The monoisotopic (exact) mass is 262 g/mol. The van der Waals surface area contributed by atoms with Crippen molar-refractivity contribution in [2.75, 3.05) is 25.5 Å². The standard InChI is InChI=1S/C16H26N2O/c1-5-6-12-18(4)16(19)10-11-17-15-9-7-8-13(2)14(15)3/h7-9,17H,5-6,10-12H2,1-4H3. The van der Waals surface area contributed by atoms with Crippen LogP contribution in [0.5, 0.6) is 0 Å². The summed E-state index contributed by atoms with van der Waals surface area (Å²) in [6, 6.07) is 6.21. The molecule has 0 aromatic heterocycles. The lowest BCUT2D eigenvalue weighted by Crippen LogP contribution is -2.29. The molecule has 1 rings (SSSR count). The zero-order valence-electron chi connectivity index (χ0n) is 12.6. The largest absolute Gasteiger partial charge is 0.384 e. The number of hydrogen-bond donors (Lipinski definition) is 1. The van der Waals surface area contributed by atoms with Crippen LogP contribution in [0.15, 0.2) is 18.2 Å². The van der Waals surface area contributed by atoms with Crippen LogP contribution in [0.25, 0.3) is 0 Å². The van der Waals surface area contributed by atoms with Crippen LogP contribution in [0.4, 0.5) is 5.69 Å². The first-order valence-corrected chi connectivity index (χ1v) is 7.10. The molecular weight excluding hydrogens is 236 g/mol. The molecule has 0 radical (unpaired) electrons. The summed E-state index contributed by atoms with van der Waals surface area (Å²) in [5, 5.41) is 3.35. The lowest BCUT2D eigenvalue weighted by atomic mass is 10.1. The lowest BCUT2D eigenvalue weighted by Gasteiger charge is -2.17. The van der Waals surface area contributed by atoms with Gasteiger partial charge in [0.1, 0.15) is 0 Å². The van der Waals surface area contributed by atoms with Crippen LogP contribution in [0.2, 0.25) is 0 Å². The molecule has 0 aliphatic carbocycles. The third-order valence-electron chi connectivity index (χ3n) is 3.53. The molecule has 0 heterocycles. The summed E-state index contributed by atoms with van der Waals surface area (Å²) in [6.45, 7) is 7.90. The van der Waals surface area contributed by atoms with Crippen LogP contribution < -0.4 is 5.32 Å². The molecule has 0 saturated heterocycles. The normalized spacial score (nSPS) is 10.3. The number of anilines is 1. The van der Waals surface area contributed by atoms with Gasteiger partial charge in [-0.05, 0) is 37.5 Å². The van der Waals surface area contributed by atoms with E-state index >= 15 is 0 Å². The topological polar surface area (TPSA) is 32.3 Å². The van der Waals surface area contributed by atoms with E-state index < -0.39 is 0 Å². The van der Waals surface area contributed by atoms with Crippen LogP contribution in [0.1, 0.15) is 37.3 Å². The van der Waals surface area contributed by atoms with Gasteiger partial charge in [0, 0.05) is 32.2 Å². The molecule has 0 spiro atoms. The van der Waals surface area contributed by atoms with Gasteiger partial charge >= 0.3 is 0 Å². The van der Waals surface area contributed by atoms with Gasteiger partial charge in [0.15, 0.2) is 0 Å². The van der Waals surface area contributed by atoms with Crippen LogP contribution in [0.3, 0.4) is 0 Å². The maximum Gasteiger partial charge on any atom is 0.224 e. The van der Waals surface area contributed by atoms with Crippen molar-refractivity contribution in [1.29, 1.82) is 0 Å². The predicted molar refractivity (Wildman–Crippen MR) is 81.6 cm³/mol. The number of nitrogens with one attached hydrogen (secondary N) is 1. The fourth-order valence-electron chi connectivity index (χ4n) is 1.96. The van der Waals surface area contributed by atoms with E-state index in [9.17, 15) is 4.79 Å². The first kappa shape index (κ1) is 15.5. The van der Waals surface area contributed by atoms with Crippen molar-refractivity contribution in [3.63, 3.8) is 0 Å². The van der Waals surface area contributed by atoms with Crippen molar-refractivity contribution in [3.05, 3.63) is 29.3 Å². The summed E-state index contributed by atoms with van der Waals surface area (Å²) >= 11 is 0. The highest BCUT2D eigenvalue weighted by atomic mass is 16.2. The first-order valence-electron chi connectivity index (χ1n) is 7.10. The highest BCUT2D eigenvalue weighted by Crippen LogP contribution is 2.17. The van der Waals surface area contributed by atoms with Gasteiger partial charge in [0.25, 0.3) is 0 Å². The Morgan fingerprint density at radius 3 is 2.74 bits per heavy atom. The lowest BCUT2D eigenvalue weighted by molar-refractivity contribution is -0.129. The minimum atomic E-state index is 0.214. The Morgan fingerprint density at radius 2 is 2.05 bits per heavy atom. The fourth-order valence-corrected chi connectivity index (χ4v) is 1.96. The zero-order valence-corrected chi connectivity index (χ0v) is 12.6. The van der Waals surface area contributed by atoms with E-state index in [-0.39, 0.29) is 5.91 Å². The summed E-state index contributed by atoms with van der Waals surface area (Å²) in [7, 11) is 1.88. The molecule has 1 aromatic carbocycles. The van der Waals surface area contributed by atoms with Crippen LogP contribution >= 0.6 is 0 Å². The second kappa shape index (κ2) is 7.82. The van der Waals surface area contributed by atoms with Crippen molar-refractivity contribution in [1.82, 2.24) is 4.90 Å². The van der Waals surface area contributed by atoms with Gasteiger partial charge in [-0.2, -0.15) is 0 Å². The van der Waals surface area contributed by atoms with E-state index in [1.54, 1.807) is 0 Å². The maximum absolute atomic E-state index is 11.9. The van der Waals surface area contributed by atoms with Crippen molar-refractivity contribution in [3.8, 4) is 0 Å². The minimum absolute atomic E-state index is 0.214. The molecule has 3 heteroatoms. The Hall–Kier alpha value is -1.51. The summed E-state index contributed by atoms with van der Waals surface area (Å²) in [5.74, 6) is 0.214. The summed E-state index contributed by atoms with van der Waals surface area (Å²) in [5.41, 5.74) is 3.66. The molecule has 3 nitrogen and oxygen atoms in total. The zero-order chi connectivity index (χ0) is 14.3. The van der Waals surface area contributed by atoms with Crippen LogP contribution in [0, 0.1) is 13.8 Å². The molecule has 0 aliphatic heterocycles. The Bertz CT molecular complexity index is 415. The summed E-state index contributed by atoms with van der Waals surface area (Å²) in [6.07, 6.45) is 2.75. The number of rotatable bonds is 7. The molecule has 106 valence electrons. The van der Waals surface area contributed by atoms with Gasteiger partial charge < -0.3 is 10.2 Å². The minimum Gasteiger partial charge on any atom is -0.384 e. The predicted octanol–water partition coefficient (Wildman–Crippen LogP) is 3.36. The van der Waals surface area contributed by atoms with Crippen LogP contribution in [-0.4, -0.2) is 30.9 Å². The molecule has 0 atom stereocenters. The van der Waals surface area contributed by atoms with Gasteiger partial charge in [-0.3, -0.25) is 4.79 Å². The van der Waals surface area contributed by atoms with Gasteiger partial charge in [-0.15, -0.1) is 0 Å². The summed E-state index contributed by atoms with van der Waals surface area (Å²) < 4.78 is 0. The van der Waals surface area contributed by atoms with E-state index in [1.807, 2.05) is 18.0 Å². The quantitative estimate of drug-likeness (QED) is 0.817. The number of amides is 1. The molecule has 0 fully saturated rings. The number of hydrogen-bond acceptors (Lipinski definition) is 2. The van der Waals surface area contributed by atoms with Gasteiger partial charge in [-0.1, -0.05) is 25.5 Å². The molecule has 0 aliphatic rings. The van der Waals surface area contributed by atoms with E-state index in [1.165, 1.54) is 11.1 Å². The van der Waals surface area contributed by atoms with Crippen LogP contribution in [-0.2, 0) is 4.79 Å². The van der Waals surface area contributed by atoms with Crippen molar-refractivity contribution in [2.24, 2.45) is 0 Å². The third-order valence-corrected chi connectivity index (χ3v) is 3.53. The molecule has 1 N–H and O–H groups in total. The molecule has 1 aromatic rings. The highest BCUT2D eigenvalue weighted by Gasteiger charge is 2.07. The summed E-state index contributed by atoms with van der Waals surface area (Å²) in [4.78, 5) is 13.7. The number of benzene rings is 1. The molecule has 0 saturated carbocycles. The smallest absolute Gasteiger partial charge is 0.224 e. The number of nitrogens with zero attached hydrogens (tertiary/aromatic N) is 1. The molecule has 0 bridgehead atoms. The van der Waals surface area contributed by atoms with Gasteiger partial charge in [0.2, 0.25) is 5.91 Å². The Kier molecular flexibility index (Phi) is 6.40. The second-order valence-corrected chi connectivity index (χ2v) is 5.09. The average molecular weight is 262 g/mol. The fraction of sp³-hybridized carbons (Fsp3) is 0.562. The number of unbranched alkanes of at least 4 members (excludes halogenated alkanes) is 1. The van der Waals surface area contributed by atoms with Crippen molar-refractivity contribution < 1.29 is 4.79 Å². The van der Waals surface area contributed by atoms with E-state index in [2.05, 4.69) is 38.2 Å². The first-order chi connectivity index (χ1) is 9.06. The SMILES string of the molecule is CCCCN(C)C(=O)CCNc1cccc(C)c1C. The number of aryl methyl sites for hydroxylation is 1. The molecule has 1 amide bonds. The van der Waals surface area contributed by atoms with E-state index in [0.717, 1.165) is 25.1 Å². The maximum atomic E-state index is 11.9. The van der Waals surface area contributed by atoms with Crippen molar-refractivity contribution in [2.45, 2.75) is 40.0 Å². The Balaban J connectivity index is 2.37. The molecular formula is C16H26N2O. The molecule has 19 heavy (non-hydrogen) atoms. The van der Waals surface area contributed by atoms with E-state index in [0.29, 0.717) is 13.0 Å². The molecule has 0 unspecified atom stereocenters. The van der Waals surface area contributed by atoms with Gasteiger partial charge in [-0.25, -0.2) is 0 Å².